The Hall–Kier alpha value is -2.37. The molecule has 1 aliphatic rings. The first-order valence-electron chi connectivity index (χ1n) is 6.36. The van der Waals surface area contributed by atoms with Crippen molar-refractivity contribution >= 4 is 17.0 Å². The van der Waals surface area contributed by atoms with Crippen molar-refractivity contribution in [1.29, 1.82) is 0 Å². The Balaban J connectivity index is 2.03. The van der Waals surface area contributed by atoms with Gasteiger partial charge >= 0.3 is 0 Å². The molecular weight excluding hydrogens is 240 g/mol. The van der Waals surface area contributed by atoms with Gasteiger partial charge in [0.1, 0.15) is 17.2 Å². The molecule has 4 rings (SSSR count). The van der Waals surface area contributed by atoms with Crippen molar-refractivity contribution in [2.75, 3.05) is 5.73 Å². The van der Waals surface area contributed by atoms with Gasteiger partial charge in [0.25, 0.3) is 0 Å². The highest BCUT2D eigenvalue weighted by Gasteiger charge is 2.30. The normalized spacial score (nSPS) is 15.2. The number of rotatable bonds is 2. The molecule has 0 radical (unpaired) electrons. The Bertz CT molecular complexity index is 765. The lowest BCUT2D eigenvalue weighted by atomic mass is 10.3. The van der Waals surface area contributed by atoms with Crippen molar-refractivity contribution in [3.8, 4) is 11.4 Å². The van der Waals surface area contributed by atoms with Crippen LogP contribution in [0.25, 0.3) is 22.6 Å². The summed E-state index contributed by atoms with van der Waals surface area (Å²) in [7, 11) is 1.83. The Morgan fingerprint density at radius 2 is 2.21 bits per heavy atom. The number of hydrogen-bond donors (Lipinski definition) is 1. The smallest absolute Gasteiger partial charge is 0.160 e. The molecule has 3 heterocycles. The van der Waals surface area contributed by atoms with Crippen LogP contribution in [-0.2, 0) is 7.05 Å². The van der Waals surface area contributed by atoms with Crippen molar-refractivity contribution in [3.63, 3.8) is 0 Å². The van der Waals surface area contributed by atoms with E-state index in [1.807, 2.05) is 19.2 Å². The third-order valence-electron chi connectivity index (χ3n) is 3.59. The van der Waals surface area contributed by atoms with Gasteiger partial charge in [-0.25, -0.2) is 9.97 Å². The van der Waals surface area contributed by atoms with E-state index in [4.69, 9.17) is 5.73 Å². The van der Waals surface area contributed by atoms with Crippen LogP contribution in [0.1, 0.15) is 18.9 Å². The number of aromatic nitrogens is 5. The largest absolute Gasteiger partial charge is 0.383 e. The molecule has 0 amide bonds. The van der Waals surface area contributed by atoms with Crippen LogP contribution in [0.15, 0.2) is 24.5 Å². The lowest BCUT2D eigenvalue weighted by Crippen LogP contribution is -2.02. The first kappa shape index (κ1) is 10.5. The molecule has 1 aliphatic carbocycles. The summed E-state index contributed by atoms with van der Waals surface area (Å²) in [4.78, 5) is 9.14. The molecule has 19 heavy (non-hydrogen) atoms. The molecular formula is C13H14N6. The van der Waals surface area contributed by atoms with Crippen LogP contribution in [0.4, 0.5) is 5.82 Å². The molecule has 1 fully saturated rings. The van der Waals surface area contributed by atoms with Crippen LogP contribution in [-0.4, -0.2) is 24.3 Å². The van der Waals surface area contributed by atoms with Crippen molar-refractivity contribution in [1.82, 2.24) is 24.3 Å². The second-order valence-corrected chi connectivity index (χ2v) is 4.95. The second kappa shape index (κ2) is 3.57. The molecule has 1 saturated carbocycles. The van der Waals surface area contributed by atoms with E-state index in [2.05, 4.69) is 19.6 Å². The topological polar surface area (TPSA) is 74.5 Å². The van der Waals surface area contributed by atoms with Crippen molar-refractivity contribution in [2.24, 2.45) is 7.05 Å². The minimum atomic E-state index is 0.495. The van der Waals surface area contributed by atoms with Gasteiger partial charge in [-0.15, -0.1) is 0 Å². The summed E-state index contributed by atoms with van der Waals surface area (Å²) in [6.45, 7) is 0. The SMILES string of the molecule is Cn1ncc(-c2nc3cccnc3n2C2CC2)c1N. The number of pyridine rings is 1. The molecule has 0 unspecified atom stereocenters. The number of hydrogen-bond acceptors (Lipinski definition) is 4. The standard InChI is InChI=1S/C13H14N6/c1-18-11(14)9(7-16-18)12-17-10-3-2-6-15-13(10)19(12)8-4-5-8/h2-3,6-8H,4-5,14H2,1H3. The van der Waals surface area contributed by atoms with Gasteiger partial charge in [0.05, 0.1) is 11.8 Å². The Morgan fingerprint density at radius 1 is 1.37 bits per heavy atom. The average molecular weight is 254 g/mol. The van der Waals surface area contributed by atoms with Crippen LogP contribution in [0.5, 0.6) is 0 Å². The van der Waals surface area contributed by atoms with Crippen LogP contribution in [0.2, 0.25) is 0 Å². The van der Waals surface area contributed by atoms with E-state index in [1.165, 1.54) is 12.8 Å². The van der Waals surface area contributed by atoms with Gasteiger partial charge in [-0.1, -0.05) is 0 Å². The molecule has 0 aliphatic heterocycles. The molecule has 96 valence electrons. The number of fused-ring (bicyclic) bond motifs is 1. The predicted molar refractivity (Wildman–Crippen MR) is 72.4 cm³/mol. The van der Waals surface area contributed by atoms with E-state index in [0.717, 1.165) is 22.6 Å². The minimum Gasteiger partial charge on any atom is -0.383 e. The zero-order chi connectivity index (χ0) is 13.0. The summed E-state index contributed by atoms with van der Waals surface area (Å²) in [5.41, 5.74) is 8.80. The second-order valence-electron chi connectivity index (χ2n) is 4.95. The fourth-order valence-corrected chi connectivity index (χ4v) is 2.42. The lowest BCUT2D eigenvalue weighted by molar-refractivity contribution is 0.766. The van der Waals surface area contributed by atoms with Crippen molar-refractivity contribution in [2.45, 2.75) is 18.9 Å². The average Bonchev–Trinajstić information content (AvgIpc) is 3.11. The Kier molecular flexibility index (Phi) is 1.98. The monoisotopic (exact) mass is 254 g/mol. The van der Waals surface area contributed by atoms with E-state index in [9.17, 15) is 0 Å². The molecule has 6 heteroatoms. The van der Waals surface area contributed by atoms with Crippen molar-refractivity contribution in [3.05, 3.63) is 24.5 Å². The van der Waals surface area contributed by atoms with Gasteiger partial charge in [0.2, 0.25) is 0 Å². The molecule has 6 nitrogen and oxygen atoms in total. The van der Waals surface area contributed by atoms with Gasteiger partial charge in [-0.05, 0) is 25.0 Å². The number of anilines is 1. The number of nitrogens with two attached hydrogens (primary N) is 1. The van der Waals surface area contributed by atoms with E-state index in [-0.39, 0.29) is 0 Å². The molecule has 2 N–H and O–H groups in total. The summed E-state index contributed by atoms with van der Waals surface area (Å²) in [5, 5.41) is 4.20. The first-order valence-corrected chi connectivity index (χ1v) is 6.36. The van der Waals surface area contributed by atoms with Gasteiger partial charge in [-0.3, -0.25) is 4.68 Å². The van der Waals surface area contributed by atoms with E-state index >= 15 is 0 Å². The molecule has 0 spiro atoms. The van der Waals surface area contributed by atoms with Crippen molar-refractivity contribution < 1.29 is 0 Å². The van der Waals surface area contributed by atoms with E-state index in [1.54, 1.807) is 17.1 Å². The summed E-state index contributed by atoms with van der Waals surface area (Å²) in [6, 6.07) is 4.38. The number of nitrogens with zero attached hydrogens (tertiary/aromatic N) is 5. The predicted octanol–water partition coefficient (Wildman–Crippen LogP) is 1.75. The first-order chi connectivity index (χ1) is 9.25. The highest BCUT2D eigenvalue weighted by Crippen LogP contribution is 2.41. The molecule has 3 aromatic rings. The van der Waals surface area contributed by atoms with Gasteiger partial charge in [0, 0.05) is 19.3 Å². The molecule has 0 bridgehead atoms. The third-order valence-corrected chi connectivity index (χ3v) is 3.59. The molecule has 0 atom stereocenters. The van der Waals surface area contributed by atoms with Crippen LogP contribution in [0.3, 0.4) is 0 Å². The number of aryl methyl sites for hydroxylation is 1. The highest BCUT2D eigenvalue weighted by atomic mass is 15.3. The third kappa shape index (κ3) is 1.46. The quantitative estimate of drug-likeness (QED) is 0.756. The molecule has 0 aromatic carbocycles. The van der Waals surface area contributed by atoms with Gasteiger partial charge < -0.3 is 10.3 Å². The summed E-state index contributed by atoms with van der Waals surface area (Å²) >= 11 is 0. The fourth-order valence-electron chi connectivity index (χ4n) is 2.42. The summed E-state index contributed by atoms with van der Waals surface area (Å²) in [6.07, 6.45) is 5.93. The zero-order valence-electron chi connectivity index (χ0n) is 10.6. The maximum atomic E-state index is 6.07. The van der Waals surface area contributed by atoms with Crippen LogP contribution in [0, 0.1) is 0 Å². The van der Waals surface area contributed by atoms with Crippen LogP contribution >= 0.6 is 0 Å². The van der Waals surface area contributed by atoms with Gasteiger partial charge in [0.15, 0.2) is 5.65 Å². The van der Waals surface area contributed by atoms with E-state index in [0.29, 0.717) is 11.9 Å². The Morgan fingerprint density at radius 3 is 2.89 bits per heavy atom. The van der Waals surface area contributed by atoms with E-state index < -0.39 is 0 Å². The van der Waals surface area contributed by atoms with Gasteiger partial charge in [-0.2, -0.15) is 5.10 Å². The highest BCUT2D eigenvalue weighted by molar-refractivity contribution is 5.80. The number of nitrogen functional groups attached to an aromatic ring is 1. The summed E-state index contributed by atoms with van der Waals surface area (Å²) in [5.74, 6) is 1.51. The van der Waals surface area contributed by atoms with Crippen LogP contribution < -0.4 is 5.73 Å². The minimum absolute atomic E-state index is 0.495. The molecule has 3 aromatic heterocycles. The maximum Gasteiger partial charge on any atom is 0.160 e. The Labute approximate surface area is 109 Å². The maximum absolute atomic E-state index is 6.07. The number of imidazole rings is 1. The fraction of sp³-hybridized carbons (Fsp3) is 0.308. The molecule has 0 saturated heterocycles. The zero-order valence-corrected chi connectivity index (χ0v) is 10.6. The summed E-state index contributed by atoms with van der Waals surface area (Å²) < 4.78 is 3.86. The lowest BCUT2D eigenvalue weighted by Gasteiger charge is -2.06.